The van der Waals surface area contributed by atoms with Crippen molar-refractivity contribution < 1.29 is 9.90 Å². The van der Waals surface area contributed by atoms with Crippen molar-refractivity contribution in [2.24, 2.45) is 39.6 Å². The van der Waals surface area contributed by atoms with Crippen LogP contribution in [0.15, 0.2) is 29.4 Å². The van der Waals surface area contributed by atoms with Crippen molar-refractivity contribution in [1.29, 1.82) is 0 Å². The first kappa shape index (κ1) is 21.2. The number of nitrogens with one attached hydrogen (secondary N) is 1. The molecule has 4 aliphatic carbocycles. The fourth-order valence-corrected chi connectivity index (χ4v) is 8.10. The third-order valence-corrected chi connectivity index (χ3v) is 9.99. The Kier molecular flexibility index (Phi) is 5.28. The fraction of sp³-hybridized carbons (Fsp3) is 0.704. The molecule has 1 amide bonds. The third-order valence-electron chi connectivity index (χ3n) is 9.99. The van der Waals surface area contributed by atoms with Gasteiger partial charge in [0.2, 0.25) is 0 Å². The van der Waals surface area contributed by atoms with Crippen LogP contribution in [0.1, 0.15) is 87.6 Å². The van der Waals surface area contributed by atoms with Crippen LogP contribution in [0.2, 0.25) is 0 Å². The molecule has 0 saturated heterocycles. The second kappa shape index (κ2) is 7.72. The van der Waals surface area contributed by atoms with Crippen LogP contribution in [0.3, 0.4) is 0 Å². The van der Waals surface area contributed by atoms with Crippen molar-refractivity contribution in [3.05, 3.63) is 35.4 Å². The van der Waals surface area contributed by atoms with Crippen LogP contribution < -0.4 is 5.43 Å². The highest BCUT2D eigenvalue weighted by atomic mass is 16.3. The first-order valence-corrected chi connectivity index (χ1v) is 12.4. The predicted octanol–water partition coefficient (Wildman–Crippen LogP) is 5.48. The van der Waals surface area contributed by atoms with Gasteiger partial charge in [0.1, 0.15) is 0 Å². The van der Waals surface area contributed by atoms with Gasteiger partial charge in [-0.25, -0.2) is 5.43 Å². The molecule has 0 radical (unpaired) electrons. The van der Waals surface area contributed by atoms with E-state index in [0.29, 0.717) is 22.8 Å². The Morgan fingerprint density at radius 1 is 1.03 bits per heavy atom. The van der Waals surface area contributed by atoms with Gasteiger partial charge in [-0.1, -0.05) is 31.5 Å². The summed E-state index contributed by atoms with van der Waals surface area (Å²) in [5.74, 6) is 2.84. The topological polar surface area (TPSA) is 61.7 Å². The van der Waals surface area contributed by atoms with Gasteiger partial charge < -0.3 is 5.11 Å². The molecule has 5 rings (SSSR count). The van der Waals surface area contributed by atoms with E-state index in [0.717, 1.165) is 36.7 Å². The van der Waals surface area contributed by atoms with Gasteiger partial charge >= 0.3 is 0 Å². The zero-order valence-corrected chi connectivity index (χ0v) is 19.4. The minimum absolute atomic E-state index is 0.0779. The molecule has 0 heterocycles. The van der Waals surface area contributed by atoms with Gasteiger partial charge in [-0.05, 0) is 106 Å². The lowest BCUT2D eigenvalue weighted by molar-refractivity contribution is -0.113. The van der Waals surface area contributed by atoms with Crippen LogP contribution in [-0.2, 0) is 0 Å². The lowest BCUT2D eigenvalue weighted by atomic mass is 9.45. The van der Waals surface area contributed by atoms with Gasteiger partial charge in [0.25, 0.3) is 5.91 Å². The Labute approximate surface area is 186 Å². The third kappa shape index (κ3) is 3.46. The molecule has 0 aromatic heterocycles. The van der Waals surface area contributed by atoms with Crippen molar-refractivity contribution in [3.8, 4) is 0 Å². The highest BCUT2D eigenvalue weighted by molar-refractivity contribution is 5.97. The van der Waals surface area contributed by atoms with Crippen molar-refractivity contribution in [1.82, 2.24) is 5.43 Å². The highest BCUT2D eigenvalue weighted by Crippen LogP contribution is 2.65. The number of hydrazone groups is 1. The van der Waals surface area contributed by atoms with Crippen LogP contribution >= 0.6 is 0 Å². The number of aliphatic hydroxyl groups is 1. The quantitative estimate of drug-likeness (QED) is 0.620. The Bertz CT molecular complexity index is 878. The average molecular weight is 423 g/mol. The van der Waals surface area contributed by atoms with Crippen LogP contribution in [0.5, 0.6) is 0 Å². The number of aryl methyl sites for hydroxylation is 1. The number of fused-ring (bicyclic) bond motifs is 5. The molecule has 7 unspecified atom stereocenters. The van der Waals surface area contributed by atoms with E-state index in [1.54, 1.807) is 0 Å². The van der Waals surface area contributed by atoms with Crippen molar-refractivity contribution in [2.45, 2.75) is 84.7 Å². The highest BCUT2D eigenvalue weighted by Gasteiger charge is 2.59. The van der Waals surface area contributed by atoms with Gasteiger partial charge in [0.05, 0.1) is 6.10 Å². The number of carbonyl (C=O) groups is 1. The molecule has 31 heavy (non-hydrogen) atoms. The molecule has 1 aromatic carbocycles. The molecule has 4 saturated carbocycles. The summed E-state index contributed by atoms with van der Waals surface area (Å²) in [6, 6.07) is 7.68. The maximum Gasteiger partial charge on any atom is 0.271 e. The molecule has 4 aliphatic rings. The Balaban J connectivity index is 1.32. The lowest BCUT2D eigenvalue weighted by Gasteiger charge is -2.60. The van der Waals surface area contributed by atoms with Crippen molar-refractivity contribution in [3.63, 3.8) is 0 Å². The van der Waals surface area contributed by atoms with E-state index < -0.39 is 0 Å². The molecular weight excluding hydrogens is 384 g/mol. The molecule has 7 atom stereocenters. The summed E-state index contributed by atoms with van der Waals surface area (Å²) in [6.07, 6.45) is 10.4. The first-order valence-electron chi connectivity index (χ1n) is 12.4. The Morgan fingerprint density at radius 3 is 2.58 bits per heavy atom. The number of aliphatic hydroxyl groups excluding tert-OH is 1. The molecule has 168 valence electrons. The maximum absolute atomic E-state index is 12.6. The van der Waals surface area contributed by atoms with E-state index in [-0.39, 0.29) is 17.4 Å². The van der Waals surface area contributed by atoms with Gasteiger partial charge in [-0.3, -0.25) is 4.79 Å². The number of benzene rings is 1. The van der Waals surface area contributed by atoms with Gasteiger partial charge in [0, 0.05) is 16.7 Å². The van der Waals surface area contributed by atoms with E-state index in [4.69, 9.17) is 5.10 Å². The lowest BCUT2D eigenvalue weighted by Crippen LogP contribution is -2.54. The van der Waals surface area contributed by atoms with Crippen LogP contribution in [0, 0.1) is 41.4 Å². The van der Waals surface area contributed by atoms with Gasteiger partial charge in [-0.15, -0.1) is 0 Å². The van der Waals surface area contributed by atoms with Gasteiger partial charge in [0.15, 0.2) is 0 Å². The summed E-state index contributed by atoms with van der Waals surface area (Å²) in [6.45, 7) is 6.98. The molecule has 2 N–H and O–H groups in total. The average Bonchev–Trinajstić information content (AvgIpc) is 3.09. The monoisotopic (exact) mass is 422 g/mol. The second-order valence-electron chi connectivity index (χ2n) is 11.4. The Hall–Kier alpha value is -1.68. The van der Waals surface area contributed by atoms with E-state index in [1.165, 1.54) is 44.2 Å². The molecule has 4 nitrogen and oxygen atoms in total. The zero-order chi connectivity index (χ0) is 21.8. The minimum atomic E-state index is -0.109. The summed E-state index contributed by atoms with van der Waals surface area (Å²) in [5.41, 5.74) is 6.44. The Morgan fingerprint density at radius 2 is 1.81 bits per heavy atom. The number of amides is 1. The fourth-order valence-electron chi connectivity index (χ4n) is 8.10. The SMILES string of the molecule is Cc1ccc(C(=O)N/N=C2\CCC3C4CCC5CC(O)CCC5(C)C4CCC23C)cc1. The molecule has 0 aliphatic heterocycles. The van der Waals surface area contributed by atoms with E-state index >= 15 is 0 Å². The molecule has 1 aromatic rings. The largest absolute Gasteiger partial charge is 0.393 e. The van der Waals surface area contributed by atoms with Crippen LogP contribution in [0.25, 0.3) is 0 Å². The second-order valence-corrected chi connectivity index (χ2v) is 11.4. The predicted molar refractivity (Wildman–Crippen MR) is 124 cm³/mol. The summed E-state index contributed by atoms with van der Waals surface area (Å²) >= 11 is 0. The van der Waals surface area contributed by atoms with E-state index in [9.17, 15) is 9.90 Å². The number of rotatable bonds is 2. The molecule has 0 bridgehead atoms. The summed E-state index contributed by atoms with van der Waals surface area (Å²) in [4.78, 5) is 12.6. The van der Waals surface area contributed by atoms with E-state index in [1.807, 2.05) is 31.2 Å². The molecule has 4 heteroatoms. The normalized spacial score (nSPS) is 43.1. The molecule has 0 spiro atoms. The smallest absolute Gasteiger partial charge is 0.271 e. The maximum atomic E-state index is 12.6. The van der Waals surface area contributed by atoms with Gasteiger partial charge in [-0.2, -0.15) is 5.10 Å². The standard InChI is InChI=1S/C27H38N2O2/c1-17-4-6-18(7-5-17)25(31)29-28-24-11-10-22-21-9-8-19-16-20(30)12-14-26(19,2)23(21)13-15-27(22,24)3/h4-7,19-23,30H,8-16H2,1-3H3,(H,29,31)/b28-24+. The number of carbonyl (C=O) groups excluding carboxylic acids is 1. The van der Waals surface area contributed by atoms with E-state index in [2.05, 4.69) is 19.3 Å². The number of hydrogen-bond donors (Lipinski definition) is 2. The van der Waals surface area contributed by atoms with Crippen LogP contribution in [-0.4, -0.2) is 22.8 Å². The van der Waals surface area contributed by atoms with Crippen molar-refractivity contribution in [2.75, 3.05) is 0 Å². The molecule has 4 fully saturated rings. The number of hydrogen-bond acceptors (Lipinski definition) is 3. The number of nitrogens with zero attached hydrogens (tertiary/aromatic N) is 1. The zero-order valence-electron chi connectivity index (χ0n) is 19.4. The summed E-state index contributed by atoms with van der Waals surface area (Å²) < 4.78 is 0. The molecular formula is C27H38N2O2. The first-order chi connectivity index (χ1) is 14.8. The summed E-state index contributed by atoms with van der Waals surface area (Å²) in [5, 5.41) is 14.9. The van der Waals surface area contributed by atoms with Crippen LogP contribution in [0.4, 0.5) is 0 Å². The minimum Gasteiger partial charge on any atom is -0.393 e. The van der Waals surface area contributed by atoms with Crippen molar-refractivity contribution >= 4 is 11.6 Å². The summed E-state index contributed by atoms with van der Waals surface area (Å²) in [7, 11) is 0.